The maximum absolute atomic E-state index is 12.0. The summed E-state index contributed by atoms with van der Waals surface area (Å²) in [6.07, 6.45) is 0.384. The average Bonchev–Trinajstić information content (AvgIpc) is 2.41. The Morgan fingerprint density at radius 2 is 1.80 bits per heavy atom. The molecule has 2 aromatic carbocycles. The van der Waals surface area contributed by atoms with Gasteiger partial charge in [0.05, 0.1) is 12.5 Å². The van der Waals surface area contributed by atoms with Crippen LogP contribution < -0.4 is 5.32 Å². The Morgan fingerprint density at radius 3 is 2.45 bits per heavy atom. The highest BCUT2D eigenvalue weighted by atomic mass is 35.5. The summed E-state index contributed by atoms with van der Waals surface area (Å²) in [5, 5.41) is 3.65. The second kappa shape index (κ2) is 6.58. The molecule has 0 spiro atoms. The molecule has 0 aromatic heterocycles. The fourth-order valence-corrected chi connectivity index (χ4v) is 2.39. The molecule has 20 heavy (non-hydrogen) atoms. The van der Waals surface area contributed by atoms with Crippen LogP contribution in [0.3, 0.4) is 0 Å². The van der Waals surface area contributed by atoms with Crippen molar-refractivity contribution < 1.29 is 4.79 Å². The molecular formula is C17H18ClNO. The topological polar surface area (TPSA) is 29.1 Å². The number of benzene rings is 2. The van der Waals surface area contributed by atoms with Crippen molar-refractivity contribution in [2.24, 2.45) is 0 Å². The standard InChI is InChI=1S/C17H18ClNO/c1-12-7-9-14(10-8-12)11-17(20)19-13(2)15-5-3-4-6-16(15)18/h3-10,13H,11H2,1-2H3,(H,19,20). The van der Waals surface area contributed by atoms with E-state index in [1.807, 2.05) is 62.4 Å². The van der Waals surface area contributed by atoms with Crippen LogP contribution in [0.5, 0.6) is 0 Å². The highest BCUT2D eigenvalue weighted by Gasteiger charge is 2.12. The summed E-state index contributed by atoms with van der Waals surface area (Å²) in [5.74, 6) is 0.00118. The van der Waals surface area contributed by atoms with Gasteiger partial charge in [-0.15, -0.1) is 0 Å². The lowest BCUT2D eigenvalue weighted by Gasteiger charge is -2.15. The first-order valence-corrected chi connectivity index (χ1v) is 7.03. The number of hydrogen-bond donors (Lipinski definition) is 1. The number of halogens is 1. The van der Waals surface area contributed by atoms with E-state index in [2.05, 4.69) is 5.32 Å². The van der Waals surface area contributed by atoms with Crippen LogP contribution in [-0.4, -0.2) is 5.91 Å². The highest BCUT2D eigenvalue weighted by molar-refractivity contribution is 6.31. The summed E-state index contributed by atoms with van der Waals surface area (Å²) < 4.78 is 0. The van der Waals surface area contributed by atoms with Crippen LogP contribution in [0.2, 0.25) is 5.02 Å². The van der Waals surface area contributed by atoms with Crippen LogP contribution in [0.1, 0.15) is 29.7 Å². The van der Waals surface area contributed by atoms with E-state index in [4.69, 9.17) is 11.6 Å². The predicted molar refractivity (Wildman–Crippen MR) is 82.9 cm³/mol. The number of nitrogens with one attached hydrogen (secondary N) is 1. The molecule has 1 atom stereocenters. The summed E-state index contributed by atoms with van der Waals surface area (Å²) in [4.78, 5) is 12.0. The monoisotopic (exact) mass is 287 g/mol. The lowest BCUT2D eigenvalue weighted by molar-refractivity contribution is -0.121. The molecule has 2 aromatic rings. The summed E-state index contributed by atoms with van der Waals surface area (Å²) >= 11 is 6.13. The Kier molecular flexibility index (Phi) is 4.80. The maximum atomic E-state index is 12.0. The van der Waals surface area contributed by atoms with Crippen molar-refractivity contribution >= 4 is 17.5 Å². The zero-order chi connectivity index (χ0) is 14.5. The number of rotatable bonds is 4. The van der Waals surface area contributed by atoms with Gasteiger partial charge in [0.15, 0.2) is 0 Å². The highest BCUT2D eigenvalue weighted by Crippen LogP contribution is 2.22. The summed E-state index contributed by atoms with van der Waals surface area (Å²) in [6, 6.07) is 15.5. The molecule has 0 fully saturated rings. The van der Waals surface area contributed by atoms with Gasteiger partial charge in [-0.2, -0.15) is 0 Å². The molecule has 0 bridgehead atoms. The molecule has 104 valence electrons. The van der Waals surface area contributed by atoms with Crippen molar-refractivity contribution in [1.82, 2.24) is 5.32 Å². The lowest BCUT2D eigenvalue weighted by Crippen LogP contribution is -2.28. The Morgan fingerprint density at radius 1 is 1.15 bits per heavy atom. The van der Waals surface area contributed by atoms with Crippen LogP contribution in [0.4, 0.5) is 0 Å². The fourth-order valence-electron chi connectivity index (χ4n) is 2.09. The molecule has 1 N–H and O–H groups in total. The van der Waals surface area contributed by atoms with Crippen LogP contribution in [0, 0.1) is 6.92 Å². The molecule has 0 aliphatic heterocycles. The summed E-state index contributed by atoms with van der Waals surface area (Å²) in [6.45, 7) is 3.97. The smallest absolute Gasteiger partial charge is 0.224 e. The number of carbonyl (C=O) groups excluding carboxylic acids is 1. The first kappa shape index (κ1) is 14.6. The van der Waals surface area contributed by atoms with Gasteiger partial charge < -0.3 is 5.32 Å². The van der Waals surface area contributed by atoms with Gasteiger partial charge in [-0.25, -0.2) is 0 Å². The first-order chi connectivity index (χ1) is 9.56. The molecule has 0 radical (unpaired) electrons. The fraction of sp³-hybridized carbons (Fsp3) is 0.235. The van der Waals surface area contributed by atoms with Gasteiger partial charge in [-0.3, -0.25) is 4.79 Å². The van der Waals surface area contributed by atoms with Gasteiger partial charge in [0.2, 0.25) is 5.91 Å². The van der Waals surface area contributed by atoms with E-state index in [1.54, 1.807) is 0 Å². The molecule has 0 aliphatic carbocycles. The maximum Gasteiger partial charge on any atom is 0.224 e. The lowest BCUT2D eigenvalue weighted by atomic mass is 10.1. The molecule has 0 heterocycles. The molecule has 2 rings (SSSR count). The molecule has 0 saturated carbocycles. The van der Waals surface area contributed by atoms with Crippen LogP contribution in [-0.2, 0) is 11.2 Å². The van der Waals surface area contributed by atoms with Crippen molar-refractivity contribution in [3.05, 3.63) is 70.2 Å². The molecule has 1 amide bonds. The molecule has 2 nitrogen and oxygen atoms in total. The van der Waals surface area contributed by atoms with Crippen molar-refractivity contribution in [3.8, 4) is 0 Å². The second-order valence-electron chi connectivity index (χ2n) is 4.97. The SMILES string of the molecule is Cc1ccc(CC(=O)NC(C)c2ccccc2Cl)cc1. The number of aryl methyl sites for hydroxylation is 1. The zero-order valence-electron chi connectivity index (χ0n) is 11.7. The number of carbonyl (C=O) groups is 1. The summed E-state index contributed by atoms with van der Waals surface area (Å²) in [5.41, 5.74) is 3.14. The van der Waals surface area contributed by atoms with E-state index >= 15 is 0 Å². The van der Waals surface area contributed by atoms with Crippen LogP contribution in [0.25, 0.3) is 0 Å². The minimum atomic E-state index is -0.0957. The van der Waals surface area contributed by atoms with Crippen molar-refractivity contribution in [1.29, 1.82) is 0 Å². The average molecular weight is 288 g/mol. The number of hydrogen-bond acceptors (Lipinski definition) is 1. The minimum absolute atomic E-state index is 0.00118. The Balaban J connectivity index is 1.98. The predicted octanol–water partition coefficient (Wildman–Crippen LogP) is 4.07. The van der Waals surface area contributed by atoms with Crippen LogP contribution >= 0.6 is 11.6 Å². The quantitative estimate of drug-likeness (QED) is 0.902. The Hall–Kier alpha value is -1.80. The minimum Gasteiger partial charge on any atom is -0.349 e. The largest absolute Gasteiger partial charge is 0.349 e. The molecule has 3 heteroatoms. The first-order valence-electron chi connectivity index (χ1n) is 6.65. The van der Waals surface area contributed by atoms with Crippen LogP contribution in [0.15, 0.2) is 48.5 Å². The zero-order valence-corrected chi connectivity index (χ0v) is 12.4. The van der Waals surface area contributed by atoms with Crippen molar-refractivity contribution in [2.75, 3.05) is 0 Å². The third-order valence-electron chi connectivity index (χ3n) is 3.23. The van der Waals surface area contributed by atoms with E-state index in [0.29, 0.717) is 11.4 Å². The van der Waals surface area contributed by atoms with Gasteiger partial charge >= 0.3 is 0 Å². The van der Waals surface area contributed by atoms with Gasteiger partial charge in [0.1, 0.15) is 0 Å². The van der Waals surface area contributed by atoms with E-state index in [0.717, 1.165) is 11.1 Å². The second-order valence-corrected chi connectivity index (χ2v) is 5.38. The third kappa shape index (κ3) is 3.84. The molecule has 0 saturated heterocycles. The van der Waals surface area contributed by atoms with E-state index in [-0.39, 0.29) is 11.9 Å². The van der Waals surface area contributed by atoms with Gasteiger partial charge in [-0.05, 0) is 31.0 Å². The van der Waals surface area contributed by atoms with Gasteiger partial charge in [0, 0.05) is 5.02 Å². The van der Waals surface area contributed by atoms with E-state index < -0.39 is 0 Å². The van der Waals surface area contributed by atoms with E-state index in [9.17, 15) is 4.79 Å². The van der Waals surface area contributed by atoms with Gasteiger partial charge in [0.25, 0.3) is 0 Å². The third-order valence-corrected chi connectivity index (χ3v) is 3.58. The summed E-state index contributed by atoms with van der Waals surface area (Å²) in [7, 11) is 0. The molecule has 1 unspecified atom stereocenters. The van der Waals surface area contributed by atoms with Crippen molar-refractivity contribution in [2.45, 2.75) is 26.3 Å². The molecular weight excluding hydrogens is 270 g/mol. The van der Waals surface area contributed by atoms with Crippen molar-refractivity contribution in [3.63, 3.8) is 0 Å². The molecule has 0 aliphatic rings. The van der Waals surface area contributed by atoms with Gasteiger partial charge in [-0.1, -0.05) is 59.6 Å². The van der Waals surface area contributed by atoms with E-state index in [1.165, 1.54) is 5.56 Å². The normalized spacial score (nSPS) is 11.9. The Bertz CT molecular complexity index is 592. The number of amides is 1. The Labute approximate surface area is 124 Å².